The molecule has 1 fully saturated rings. The number of nitrogens with one attached hydrogen (secondary N) is 1. The third kappa shape index (κ3) is 3.87. The van der Waals surface area contributed by atoms with Crippen LogP contribution in [0.25, 0.3) is 0 Å². The van der Waals surface area contributed by atoms with Gasteiger partial charge < -0.3 is 15.8 Å². The molecule has 0 spiro atoms. The number of carbonyl (C=O) groups excluding carboxylic acids is 1. The van der Waals surface area contributed by atoms with Crippen molar-refractivity contribution in [2.24, 2.45) is 11.7 Å². The number of carbonyl (C=O) groups is 1. The smallest absolute Gasteiger partial charge is 0.223 e. The Balaban J connectivity index is 1.53. The predicted molar refractivity (Wildman–Crippen MR) is 85.4 cm³/mol. The Kier molecular flexibility index (Phi) is 4.57. The number of rotatable bonds is 6. The van der Waals surface area contributed by atoms with Crippen LogP contribution in [0.15, 0.2) is 48.5 Å². The highest BCUT2D eigenvalue weighted by molar-refractivity contribution is 5.78. The fourth-order valence-corrected chi connectivity index (χ4v) is 2.64. The molecule has 0 aromatic heterocycles. The van der Waals surface area contributed by atoms with Crippen molar-refractivity contribution in [2.75, 3.05) is 6.54 Å². The van der Waals surface area contributed by atoms with Gasteiger partial charge in [-0.3, -0.25) is 4.79 Å². The Morgan fingerprint density at radius 1 is 1.13 bits per heavy atom. The number of primary amides is 1. The van der Waals surface area contributed by atoms with Crippen molar-refractivity contribution < 1.29 is 13.9 Å². The van der Waals surface area contributed by atoms with Gasteiger partial charge in [-0.15, -0.1) is 0 Å². The molecule has 4 nitrogen and oxygen atoms in total. The highest BCUT2D eigenvalue weighted by Gasteiger charge is 2.34. The van der Waals surface area contributed by atoms with Gasteiger partial charge in [-0.25, -0.2) is 4.39 Å². The molecule has 0 bridgehead atoms. The monoisotopic (exact) mass is 314 g/mol. The number of hydrogen-bond acceptors (Lipinski definition) is 3. The van der Waals surface area contributed by atoms with E-state index < -0.39 is 0 Å². The minimum atomic E-state index is -0.253. The second-order valence-corrected chi connectivity index (χ2v) is 5.79. The zero-order chi connectivity index (χ0) is 16.2. The van der Waals surface area contributed by atoms with Gasteiger partial charge in [0.05, 0.1) is 5.92 Å². The highest BCUT2D eigenvalue weighted by atomic mass is 19.1. The molecule has 1 aliphatic rings. The van der Waals surface area contributed by atoms with E-state index >= 15 is 0 Å². The molecule has 2 aromatic carbocycles. The molecule has 3 rings (SSSR count). The van der Waals surface area contributed by atoms with Gasteiger partial charge in [-0.05, 0) is 41.8 Å². The molecule has 1 heterocycles. The summed E-state index contributed by atoms with van der Waals surface area (Å²) in [5.74, 6) is 0.181. The summed E-state index contributed by atoms with van der Waals surface area (Å²) in [5, 5.41) is 3.23. The molecule has 5 heteroatoms. The van der Waals surface area contributed by atoms with Crippen LogP contribution in [-0.2, 0) is 17.8 Å². The lowest BCUT2D eigenvalue weighted by Crippen LogP contribution is -2.59. The largest absolute Gasteiger partial charge is 0.489 e. The third-order valence-electron chi connectivity index (χ3n) is 4.15. The van der Waals surface area contributed by atoms with E-state index in [1.807, 2.05) is 24.3 Å². The predicted octanol–water partition coefficient (Wildman–Crippen LogP) is 2.02. The molecular weight excluding hydrogens is 295 g/mol. The van der Waals surface area contributed by atoms with E-state index in [4.69, 9.17) is 10.5 Å². The lowest BCUT2D eigenvalue weighted by Gasteiger charge is -2.36. The Labute approximate surface area is 134 Å². The maximum Gasteiger partial charge on any atom is 0.223 e. The number of halogens is 1. The summed E-state index contributed by atoms with van der Waals surface area (Å²) < 4.78 is 18.5. The minimum Gasteiger partial charge on any atom is -0.489 e. The van der Waals surface area contributed by atoms with Crippen molar-refractivity contribution in [1.82, 2.24) is 5.32 Å². The summed E-state index contributed by atoms with van der Waals surface area (Å²) in [5.41, 5.74) is 7.39. The van der Waals surface area contributed by atoms with Crippen LogP contribution in [0.2, 0.25) is 0 Å². The summed E-state index contributed by atoms with van der Waals surface area (Å²) in [6.45, 7) is 1.06. The number of benzene rings is 2. The molecule has 0 aliphatic carbocycles. The van der Waals surface area contributed by atoms with E-state index in [2.05, 4.69) is 5.32 Å². The Morgan fingerprint density at radius 3 is 2.35 bits per heavy atom. The Bertz CT molecular complexity index is 670. The van der Waals surface area contributed by atoms with Crippen LogP contribution in [-0.4, -0.2) is 18.5 Å². The van der Waals surface area contributed by atoms with Crippen LogP contribution in [0.4, 0.5) is 4.39 Å². The second-order valence-electron chi connectivity index (χ2n) is 5.79. The van der Waals surface area contributed by atoms with Gasteiger partial charge in [0.15, 0.2) is 0 Å². The number of hydrogen-bond donors (Lipinski definition) is 2. The zero-order valence-electron chi connectivity index (χ0n) is 12.7. The Hall–Kier alpha value is -2.40. The van der Waals surface area contributed by atoms with Crippen molar-refractivity contribution in [3.63, 3.8) is 0 Å². The van der Waals surface area contributed by atoms with Crippen LogP contribution < -0.4 is 15.8 Å². The van der Waals surface area contributed by atoms with Crippen molar-refractivity contribution in [1.29, 1.82) is 0 Å². The summed E-state index contributed by atoms with van der Waals surface area (Å²) in [7, 11) is 0. The number of ether oxygens (including phenoxy) is 1. The molecule has 2 atom stereocenters. The standard InChI is InChI=1S/C18H19FN2O2/c19-14-5-1-13(2-6-14)11-23-15-7-3-12(4-8-15)9-17-16(10-21-17)18(20)22/h1-8,16-17,21H,9-11H2,(H2,20,22). The Morgan fingerprint density at radius 2 is 1.78 bits per heavy atom. The quantitative estimate of drug-likeness (QED) is 0.857. The van der Waals surface area contributed by atoms with E-state index in [-0.39, 0.29) is 23.7 Å². The van der Waals surface area contributed by atoms with Gasteiger partial charge in [-0.1, -0.05) is 24.3 Å². The number of nitrogens with two attached hydrogens (primary N) is 1. The zero-order valence-corrected chi connectivity index (χ0v) is 12.7. The molecule has 120 valence electrons. The van der Waals surface area contributed by atoms with Gasteiger partial charge in [0.2, 0.25) is 5.91 Å². The molecule has 3 N–H and O–H groups in total. The number of amides is 1. The summed E-state index contributed by atoms with van der Waals surface area (Å²) >= 11 is 0. The van der Waals surface area contributed by atoms with Gasteiger partial charge in [0.25, 0.3) is 0 Å². The fourth-order valence-electron chi connectivity index (χ4n) is 2.64. The van der Waals surface area contributed by atoms with E-state index in [1.54, 1.807) is 12.1 Å². The first-order chi connectivity index (χ1) is 11.1. The van der Waals surface area contributed by atoms with Crippen molar-refractivity contribution in [3.8, 4) is 5.75 Å². The average Bonchev–Trinajstić information content (AvgIpc) is 2.51. The maximum absolute atomic E-state index is 12.8. The fraction of sp³-hybridized carbons (Fsp3) is 0.278. The molecule has 1 saturated heterocycles. The van der Waals surface area contributed by atoms with Crippen LogP contribution in [0.1, 0.15) is 11.1 Å². The molecule has 1 aliphatic heterocycles. The summed E-state index contributed by atoms with van der Waals surface area (Å²) in [6.07, 6.45) is 0.770. The van der Waals surface area contributed by atoms with Gasteiger partial charge in [0.1, 0.15) is 18.2 Å². The minimum absolute atomic E-state index is 0.0793. The van der Waals surface area contributed by atoms with Crippen molar-refractivity contribution in [2.45, 2.75) is 19.1 Å². The van der Waals surface area contributed by atoms with Gasteiger partial charge in [-0.2, -0.15) is 0 Å². The lowest BCUT2D eigenvalue weighted by atomic mass is 9.86. The first-order valence-electron chi connectivity index (χ1n) is 7.61. The van der Waals surface area contributed by atoms with Crippen molar-refractivity contribution in [3.05, 3.63) is 65.5 Å². The maximum atomic E-state index is 12.8. The normalized spacial score (nSPS) is 19.9. The van der Waals surface area contributed by atoms with E-state index in [1.165, 1.54) is 12.1 Å². The van der Waals surface area contributed by atoms with Crippen LogP contribution in [0, 0.1) is 11.7 Å². The SMILES string of the molecule is NC(=O)C1CNC1Cc1ccc(OCc2ccc(F)cc2)cc1. The van der Waals surface area contributed by atoms with Crippen LogP contribution in [0.5, 0.6) is 5.75 Å². The van der Waals surface area contributed by atoms with Crippen LogP contribution >= 0.6 is 0 Å². The first kappa shape index (κ1) is 15.5. The van der Waals surface area contributed by atoms with Crippen LogP contribution in [0.3, 0.4) is 0 Å². The van der Waals surface area contributed by atoms with E-state index in [0.717, 1.165) is 23.3 Å². The molecule has 0 saturated carbocycles. The molecule has 0 radical (unpaired) electrons. The summed E-state index contributed by atoms with van der Waals surface area (Å²) in [4.78, 5) is 11.2. The lowest BCUT2D eigenvalue weighted by molar-refractivity contribution is -0.124. The highest BCUT2D eigenvalue weighted by Crippen LogP contribution is 2.20. The molecule has 2 unspecified atom stereocenters. The molecular formula is C18H19FN2O2. The van der Waals surface area contributed by atoms with Crippen molar-refractivity contribution >= 4 is 5.91 Å². The molecule has 23 heavy (non-hydrogen) atoms. The topological polar surface area (TPSA) is 64.4 Å². The average molecular weight is 314 g/mol. The first-order valence-corrected chi connectivity index (χ1v) is 7.61. The summed E-state index contributed by atoms with van der Waals surface area (Å²) in [6, 6.07) is 14.1. The molecule has 1 amide bonds. The third-order valence-corrected chi connectivity index (χ3v) is 4.15. The van der Waals surface area contributed by atoms with Gasteiger partial charge in [0, 0.05) is 12.6 Å². The van der Waals surface area contributed by atoms with E-state index in [9.17, 15) is 9.18 Å². The van der Waals surface area contributed by atoms with Gasteiger partial charge >= 0.3 is 0 Å². The molecule has 2 aromatic rings. The second kappa shape index (κ2) is 6.79. The van der Waals surface area contributed by atoms with E-state index in [0.29, 0.717) is 13.2 Å².